The summed E-state index contributed by atoms with van der Waals surface area (Å²) in [7, 11) is 0. The number of aliphatic hydroxyl groups is 1. The van der Waals surface area contributed by atoms with E-state index in [9.17, 15) is 0 Å². The van der Waals surface area contributed by atoms with Gasteiger partial charge in [-0.1, -0.05) is 34.1 Å². The Morgan fingerprint density at radius 1 is 1.42 bits per heavy atom. The Bertz CT molecular complexity index is 110. The second-order valence-electron chi connectivity index (χ2n) is 4.35. The predicted octanol–water partition coefficient (Wildman–Crippen LogP) is 2.07. The summed E-state index contributed by atoms with van der Waals surface area (Å²) in [5.41, 5.74) is -0.0898. The van der Waals surface area contributed by atoms with Crippen LogP contribution >= 0.6 is 0 Å². The van der Waals surface area contributed by atoms with Crippen LogP contribution in [-0.2, 0) is 4.74 Å². The molecule has 0 bridgehead atoms. The van der Waals surface area contributed by atoms with Crippen molar-refractivity contribution >= 4 is 0 Å². The van der Waals surface area contributed by atoms with Crippen LogP contribution in [0.4, 0.5) is 0 Å². The van der Waals surface area contributed by atoms with Gasteiger partial charge >= 0.3 is 0 Å². The van der Waals surface area contributed by atoms with Gasteiger partial charge < -0.3 is 9.84 Å². The molecule has 0 amide bonds. The first-order chi connectivity index (χ1) is 5.52. The molecule has 74 valence electrons. The highest BCUT2D eigenvalue weighted by Gasteiger charge is 2.16. The summed E-state index contributed by atoms with van der Waals surface area (Å²) in [6.07, 6.45) is 1.15. The van der Waals surface area contributed by atoms with E-state index >= 15 is 0 Å². The highest BCUT2D eigenvalue weighted by atomic mass is 16.5. The number of hydrogen-bond donors (Lipinski definition) is 1. The second kappa shape index (κ2) is 5.55. The fraction of sp³-hybridized carbons (Fsp3) is 1.00. The Kier molecular flexibility index (Phi) is 5.51. The summed E-state index contributed by atoms with van der Waals surface area (Å²) >= 11 is 0. The maximum atomic E-state index is 8.94. The number of ether oxygens (including phenoxy) is 1. The Morgan fingerprint density at radius 2 is 2.00 bits per heavy atom. The van der Waals surface area contributed by atoms with Gasteiger partial charge in [-0.2, -0.15) is 0 Å². The quantitative estimate of drug-likeness (QED) is 0.668. The molecule has 2 heteroatoms. The van der Waals surface area contributed by atoms with E-state index in [1.807, 2.05) is 13.8 Å². The van der Waals surface area contributed by atoms with Gasteiger partial charge in [0.2, 0.25) is 0 Å². The third-order valence-corrected chi connectivity index (χ3v) is 2.02. The van der Waals surface area contributed by atoms with Crippen molar-refractivity contribution in [1.29, 1.82) is 0 Å². The molecule has 0 spiro atoms. The Labute approximate surface area is 75.9 Å². The molecule has 0 aliphatic rings. The van der Waals surface area contributed by atoms with Crippen LogP contribution in [0.2, 0.25) is 0 Å². The average molecular weight is 174 g/mol. The van der Waals surface area contributed by atoms with Gasteiger partial charge in [0.15, 0.2) is 0 Å². The maximum Gasteiger partial charge on any atom is 0.0539 e. The van der Waals surface area contributed by atoms with Crippen LogP contribution in [0.25, 0.3) is 0 Å². The maximum absolute atomic E-state index is 8.94. The minimum Gasteiger partial charge on any atom is -0.396 e. The van der Waals surface area contributed by atoms with Crippen molar-refractivity contribution in [2.45, 2.75) is 34.1 Å². The van der Waals surface area contributed by atoms with E-state index in [1.54, 1.807) is 0 Å². The zero-order valence-corrected chi connectivity index (χ0v) is 8.76. The van der Waals surface area contributed by atoms with Crippen LogP contribution < -0.4 is 0 Å². The lowest BCUT2D eigenvalue weighted by molar-refractivity contribution is 0.0147. The van der Waals surface area contributed by atoms with Gasteiger partial charge in [0, 0.05) is 12.0 Å². The molecule has 0 heterocycles. The molecule has 1 atom stereocenters. The molecule has 0 radical (unpaired) electrons. The van der Waals surface area contributed by atoms with E-state index in [-0.39, 0.29) is 12.0 Å². The highest BCUT2D eigenvalue weighted by molar-refractivity contribution is 4.65. The average Bonchev–Trinajstić information content (AvgIpc) is 2.04. The van der Waals surface area contributed by atoms with Crippen LogP contribution in [-0.4, -0.2) is 24.9 Å². The van der Waals surface area contributed by atoms with E-state index in [0.29, 0.717) is 12.5 Å². The van der Waals surface area contributed by atoms with Crippen molar-refractivity contribution in [3.05, 3.63) is 0 Å². The van der Waals surface area contributed by atoms with Crippen molar-refractivity contribution < 1.29 is 9.84 Å². The van der Waals surface area contributed by atoms with Crippen molar-refractivity contribution in [3.8, 4) is 0 Å². The Hall–Kier alpha value is -0.0800. The first-order valence-electron chi connectivity index (χ1n) is 4.70. The van der Waals surface area contributed by atoms with Crippen LogP contribution in [0, 0.1) is 11.3 Å². The van der Waals surface area contributed by atoms with Gasteiger partial charge in [-0.3, -0.25) is 0 Å². The summed E-state index contributed by atoms with van der Waals surface area (Å²) in [4.78, 5) is 0. The van der Waals surface area contributed by atoms with Gasteiger partial charge in [0.05, 0.1) is 13.2 Å². The van der Waals surface area contributed by atoms with E-state index in [1.165, 1.54) is 0 Å². The summed E-state index contributed by atoms with van der Waals surface area (Å²) in [5.74, 6) is 0.625. The molecule has 1 N–H and O–H groups in total. The summed E-state index contributed by atoms with van der Waals surface area (Å²) in [6, 6.07) is 0. The van der Waals surface area contributed by atoms with Crippen molar-refractivity contribution in [2.24, 2.45) is 11.3 Å². The molecule has 0 fully saturated rings. The second-order valence-corrected chi connectivity index (χ2v) is 4.35. The topological polar surface area (TPSA) is 29.5 Å². The molecule has 1 unspecified atom stereocenters. The van der Waals surface area contributed by atoms with Gasteiger partial charge in [0.25, 0.3) is 0 Å². The van der Waals surface area contributed by atoms with Crippen molar-refractivity contribution in [2.75, 3.05) is 19.8 Å². The molecule has 0 rings (SSSR count). The minimum atomic E-state index is -0.0898. The lowest BCUT2D eigenvalue weighted by Crippen LogP contribution is -2.24. The van der Waals surface area contributed by atoms with Gasteiger partial charge in [-0.05, 0) is 5.92 Å². The summed E-state index contributed by atoms with van der Waals surface area (Å²) < 4.78 is 5.48. The Balaban J connectivity index is 3.42. The largest absolute Gasteiger partial charge is 0.396 e. The standard InChI is InChI=1S/C10H22O2/c1-5-9(2)6-12-8-10(3,4)7-11/h9,11H,5-8H2,1-4H3. The van der Waals surface area contributed by atoms with E-state index < -0.39 is 0 Å². The molecule has 0 aliphatic heterocycles. The van der Waals surface area contributed by atoms with Crippen LogP contribution in [0.5, 0.6) is 0 Å². The van der Waals surface area contributed by atoms with Crippen LogP contribution in [0.3, 0.4) is 0 Å². The summed E-state index contributed by atoms with van der Waals surface area (Å²) in [5, 5.41) is 8.94. The molecule has 0 aromatic heterocycles. The van der Waals surface area contributed by atoms with E-state index in [0.717, 1.165) is 13.0 Å². The van der Waals surface area contributed by atoms with Crippen molar-refractivity contribution in [3.63, 3.8) is 0 Å². The predicted molar refractivity (Wildman–Crippen MR) is 51.1 cm³/mol. The Morgan fingerprint density at radius 3 is 2.42 bits per heavy atom. The zero-order valence-electron chi connectivity index (χ0n) is 8.76. The van der Waals surface area contributed by atoms with E-state index in [2.05, 4.69) is 13.8 Å². The number of hydrogen-bond acceptors (Lipinski definition) is 2. The molecule has 12 heavy (non-hydrogen) atoms. The first-order valence-corrected chi connectivity index (χ1v) is 4.70. The van der Waals surface area contributed by atoms with Crippen molar-refractivity contribution in [1.82, 2.24) is 0 Å². The van der Waals surface area contributed by atoms with Gasteiger partial charge in [-0.15, -0.1) is 0 Å². The molecular formula is C10H22O2. The molecule has 0 aromatic rings. The first kappa shape index (κ1) is 11.9. The number of rotatable bonds is 6. The van der Waals surface area contributed by atoms with Gasteiger partial charge in [-0.25, -0.2) is 0 Å². The smallest absolute Gasteiger partial charge is 0.0539 e. The molecular weight excluding hydrogens is 152 g/mol. The lowest BCUT2D eigenvalue weighted by Gasteiger charge is -2.22. The molecule has 0 saturated carbocycles. The number of aliphatic hydroxyl groups excluding tert-OH is 1. The summed E-state index contributed by atoms with van der Waals surface area (Å²) in [6.45, 7) is 9.98. The minimum absolute atomic E-state index is 0.0898. The molecule has 0 aliphatic carbocycles. The lowest BCUT2D eigenvalue weighted by atomic mass is 9.96. The fourth-order valence-electron chi connectivity index (χ4n) is 0.700. The molecule has 0 aromatic carbocycles. The SMILES string of the molecule is CCC(C)COCC(C)(C)CO. The normalized spacial score (nSPS) is 14.8. The van der Waals surface area contributed by atoms with Gasteiger partial charge in [0.1, 0.15) is 0 Å². The van der Waals surface area contributed by atoms with Crippen LogP contribution in [0.15, 0.2) is 0 Å². The third-order valence-electron chi connectivity index (χ3n) is 2.02. The monoisotopic (exact) mass is 174 g/mol. The zero-order chi connectivity index (χ0) is 9.61. The third kappa shape index (κ3) is 5.56. The van der Waals surface area contributed by atoms with E-state index in [4.69, 9.17) is 9.84 Å². The highest BCUT2D eigenvalue weighted by Crippen LogP contribution is 2.14. The van der Waals surface area contributed by atoms with Crippen LogP contribution in [0.1, 0.15) is 34.1 Å². The molecule has 0 saturated heterocycles. The molecule has 2 nitrogen and oxygen atoms in total. The fourth-order valence-corrected chi connectivity index (χ4v) is 0.700.